The van der Waals surface area contributed by atoms with Crippen LogP contribution in [0.15, 0.2) is 42.5 Å². The smallest absolute Gasteiger partial charge is 0.150 e. The topological polar surface area (TPSA) is 20.3 Å². The summed E-state index contributed by atoms with van der Waals surface area (Å²) in [6, 6.07) is 14.3. The minimum Gasteiger partial charge on any atom is -0.305 e. The van der Waals surface area contributed by atoms with Gasteiger partial charge in [0.1, 0.15) is 6.29 Å². The van der Waals surface area contributed by atoms with E-state index in [1.165, 1.54) is 11.1 Å². The van der Waals surface area contributed by atoms with Crippen LogP contribution in [0.25, 0.3) is 11.1 Å². The van der Waals surface area contributed by atoms with Gasteiger partial charge in [0.2, 0.25) is 0 Å². The van der Waals surface area contributed by atoms with E-state index in [9.17, 15) is 4.79 Å². The average Bonchev–Trinajstić information content (AvgIpc) is 2.40. The Bertz CT molecular complexity index is 570. The fourth-order valence-electron chi connectivity index (χ4n) is 2.18. The molecule has 2 rings (SSSR count). The molecule has 2 nitrogen and oxygen atoms in total. The minimum atomic E-state index is 0.720. The number of carbonyl (C=O) groups is 1. The van der Waals surface area contributed by atoms with Gasteiger partial charge >= 0.3 is 0 Å². The van der Waals surface area contributed by atoms with E-state index in [-0.39, 0.29) is 0 Å². The first-order valence-corrected chi connectivity index (χ1v) is 6.40. The third-order valence-electron chi connectivity index (χ3n) is 3.16. The quantitative estimate of drug-likeness (QED) is 0.777. The Morgan fingerprint density at radius 1 is 1.05 bits per heavy atom. The zero-order chi connectivity index (χ0) is 13.8. The van der Waals surface area contributed by atoms with Crippen molar-refractivity contribution in [1.82, 2.24) is 4.90 Å². The van der Waals surface area contributed by atoms with Crippen LogP contribution in [-0.2, 0) is 6.54 Å². The number of rotatable bonds is 4. The molecule has 0 aliphatic heterocycles. The van der Waals surface area contributed by atoms with Crippen molar-refractivity contribution in [3.05, 3.63) is 59.2 Å². The van der Waals surface area contributed by atoms with Crippen LogP contribution in [-0.4, -0.2) is 25.3 Å². The van der Waals surface area contributed by atoms with Gasteiger partial charge in [-0.05, 0) is 49.3 Å². The Morgan fingerprint density at radius 2 is 1.74 bits per heavy atom. The van der Waals surface area contributed by atoms with Crippen LogP contribution in [0.4, 0.5) is 0 Å². The fourth-order valence-corrected chi connectivity index (χ4v) is 2.18. The van der Waals surface area contributed by atoms with Crippen LogP contribution >= 0.6 is 0 Å². The molecule has 0 radical (unpaired) electrons. The monoisotopic (exact) mass is 253 g/mol. The van der Waals surface area contributed by atoms with Crippen molar-refractivity contribution < 1.29 is 4.79 Å². The molecule has 2 aromatic carbocycles. The first-order valence-electron chi connectivity index (χ1n) is 6.40. The molecule has 0 aliphatic carbocycles. The summed E-state index contributed by atoms with van der Waals surface area (Å²) in [5.41, 5.74) is 5.48. The lowest BCUT2D eigenvalue weighted by Crippen LogP contribution is -2.10. The van der Waals surface area contributed by atoms with Crippen molar-refractivity contribution in [2.24, 2.45) is 0 Å². The molecule has 0 fully saturated rings. The zero-order valence-corrected chi connectivity index (χ0v) is 11.7. The lowest BCUT2D eigenvalue weighted by Gasteiger charge is -2.11. The summed E-state index contributed by atoms with van der Waals surface area (Å²) in [5.74, 6) is 0. The first kappa shape index (κ1) is 13.5. The van der Waals surface area contributed by atoms with Crippen molar-refractivity contribution in [3.8, 4) is 11.1 Å². The molecule has 0 atom stereocenters. The van der Waals surface area contributed by atoms with Crippen LogP contribution in [0.1, 0.15) is 21.5 Å². The standard InChI is InChI=1S/C17H19NO/c1-13-4-5-15(12-19)10-17(13)16-8-6-14(7-9-16)11-18(2)3/h4-10,12H,11H2,1-3H3. The van der Waals surface area contributed by atoms with E-state index in [0.29, 0.717) is 0 Å². The van der Waals surface area contributed by atoms with Crippen LogP contribution in [0.3, 0.4) is 0 Å². The van der Waals surface area contributed by atoms with E-state index in [1.807, 2.05) is 18.2 Å². The van der Waals surface area contributed by atoms with Crippen molar-refractivity contribution in [2.75, 3.05) is 14.1 Å². The summed E-state index contributed by atoms with van der Waals surface area (Å²) in [7, 11) is 4.12. The lowest BCUT2D eigenvalue weighted by molar-refractivity contribution is 0.112. The molecule has 0 heterocycles. The minimum absolute atomic E-state index is 0.720. The highest BCUT2D eigenvalue weighted by Gasteiger charge is 2.04. The number of hydrogen-bond acceptors (Lipinski definition) is 2. The molecule has 0 N–H and O–H groups in total. The molecule has 0 aliphatic rings. The van der Waals surface area contributed by atoms with Gasteiger partial charge in [0.05, 0.1) is 0 Å². The molecule has 0 unspecified atom stereocenters. The van der Waals surface area contributed by atoms with Crippen molar-refractivity contribution >= 4 is 6.29 Å². The van der Waals surface area contributed by atoms with Crippen molar-refractivity contribution in [2.45, 2.75) is 13.5 Å². The maximum Gasteiger partial charge on any atom is 0.150 e. The summed E-state index contributed by atoms with van der Waals surface area (Å²) in [6.45, 7) is 3.01. The molecule has 2 heteroatoms. The van der Waals surface area contributed by atoms with E-state index in [1.54, 1.807) is 0 Å². The number of hydrogen-bond donors (Lipinski definition) is 0. The van der Waals surface area contributed by atoms with Gasteiger partial charge in [-0.25, -0.2) is 0 Å². The van der Waals surface area contributed by atoms with Crippen molar-refractivity contribution in [3.63, 3.8) is 0 Å². The van der Waals surface area contributed by atoms with Gasteiger partial charge in [-0.3, -0.25) is 4.79 Å². The number of aldehydes is 1. The molecule has 0 saturated heterocycles. The molecule has 0 amide bonds. The predicted octanol–water partition coefficient (Wildman–Crippen LogP) is 3.54. The normalized spacial score (nSPS) is 10.7. The molecular weight excluding hydrogens is 234 g/mol. The van der Waals surface area contributed by atoms with Crippen LogP contribution in [0.5, 0.6) is 0 Å². The zero-order valence-electron chi connectivity index (χ0n) is 11.7. The van der Waals surface area contributed by atoms with Gasteiger partial charge in [0, 0.05) is 12.1 Å². The van der Waals surface area contributed by atoms with Crippen LogP contribution < -0.4 is 0 Å². The summed E-state index contributed by atoms with van der Waals surface area (Å²) in [4.78, 5) is 13.0. The van der Waals surface area contributed by atoms with E-state index in [0.717, 1.165) is 29.5 Å². The Morgan fingerprint density at radius 3 is 2.32 bits per heavy atom. The Hall–Kier alpha value is -1.93. The summed E-state index contributed by atoms with van der Waals surface area (Å²) < 4.78 is 0. The summed E-state index contributed by atoms with van der Waals surface area (Å²) >= 11 is 0. The molecule has 0 saturated carbocycles. The van der Waals surface area contributed by atoms with Gasteiger partial charge in [-0.2, -0.15) is 0 Å². The van der Waals surface area contributed by atoms with E-state index < -0.39 is 0 Å². The summed E-state index contributed by atoms with van der Waals surface area (Å²) in [6.07, 6.45) is 0.892. The van der Waals surface area contributed by atoms with Crippen molar-refractivity contribution in [1.29, 1.82) is 0 Å². The Balaban J connectivity index is 2.34. The van der Waals surface area contributed by atoms with Gasteiger partial charge in [-0.15, -0.1) is 0 Å². The molecule has 19 heavy (non-hydrogen) atoms. The summed E-state index contributed by atoms with van der Waals surface area (Å²) in [5, 5.41) is 0. The molecular formula is C17H19NO. The molecule has 98 valence electrons. The number of benzene rings is 2. The SMILES string of the molecule is Cc1ccc(C=O)cc1-c1ccc(CN(C)C)cc1. The Labute approximate surface area is 114 Å². The first-order chi connectivity index (χ1) is 9.10. The number of aryl methyl sites for hydroxylation is 1. The molecule has 0 spiro atoms. The lowest BCUT2D eigenvalue weighted by atomic mass is 9.97. The Kier molecular flexibility index (Phi) is 4.13. The molecule has 0 bridgehead atoms. The number of carbonyl (C=O) groups excluding carboxylic acids is 1. The van der Waals surface area contributed by atoms with E-state index in [2.05, 4.69) is 50.2 Å². The van der Waals surface area contributed by atoms with Crippen LogP contribution in [0, 0.1) is 6.92 Å². The van der Waals surface area contributed by atoms with Gasteiger partial charge in [0.15, 0.2) is 0 Å². The predicted molar refractivity (Wildman–Crippen MR) is 79.4 cm³/mol. The molecule has 2 aromatic rings. The highest BCUT2D eigenvalue weighted by molar-refractivity contribution is 5.80. The van der Waals surface area contributed by atoms with Crippen LogP contribution in [0.2, 0.25) is 0 Å². The average molecular weight is 253 g/mol. The van der Waals surface area contributed by atoms with Gasteiger partial charge in [0.25, 0.3) is 0 Å². The van der Waals surface area contributed by atoms with E-state index >= 15 is 0 Å². The highest BCUT2D eigenvalue weighted by Crippen LogP contribution is 2.24. The maximum absolute atomic E-state index is 10.9. The molecule has 0 aromatic heterocycles. The maximum atomic E-state index is 10.9. The highest BCUT2D eigenvalue weighted by atomic mass is 16.1. The van der Waals surface area contributed by atoms with E-state index in [4.69, 9.17) is 0 Å². The third-order valence-corrected chi connectivity index (χ3v) is 3.16. The largest absolute Gasteiger partial charge is 0.305 e. The second-order valence-electron chi connectivity index (χ2n) is 5.13. The van der Waals surface area contributed by atoms with Gasteiger partial charge < -0.3 is 4.90 Å². The second-order valence-corrected chi connectivity index (χ2v) is 5.13. The van der Waals surface area contributed by atoms with Gasteiger partial charge in [-0.1, -0.05) is 36.4 Å². The third kappa shape index (κ3) is 3.30. The number of nitrogens with zero attached hydrogens (tertiary/aromatic N) is 1. The fraction of sp³-hybridized carbons (Fsp3) is 0.235. The second kappa shape index (κ2) is 5.81.